The molecular formula is C22H28N2O2. The van der Waals surface area contributed by atoms with Crippen molar-refractivity contribution in [1.82, 2.24) is 10.2 Å². The number of morpholine rings is 1. The third kappa shape index (κ3) is 4.93. The SMILES string of the molecule is CC(C)(CNC(=O)Cc1ccc(-c2ccccc2)cc1)N1CCOCC1. The number of nitrogens with one attached hydrogen (secondary N) is 1. The van der Waals surface area contributed by atoms with E-state index in [1.165, 1.54) is 11.1 Å². The largest absolute Gasteiger partial charge is 0.379 e. The number of hydrogen-bond donors (Lipinski definition) is 1. The summed E-state index contributed by atoms with van der Waals surface area (Å²) in [7, 11) is 0. The van der Waals surface area contributed by atoms with E-state index in [1.807, 2.05) is 30.3 Å². The Labute approximate surface area is 156 Å². The molecule has 2 aromatic rings. The van der Waals surface area contributed by atoms with Crippen LogP contribution in [0, 0.1) is 0 Å². The molecule has 4 nitrogen and oxygen atoms in total. The molecular weight excluding hydrogens is 324 g/mol. The Morgan fingerprint density at radius 3 is 2.27 bits per heavy atom. The highest BCUT2D eigenvalue weighted by molar-refractivity contribution is 5.79. The molecule has 1 amide bonds. The predicted octanol–water partition coefficient (Wildman–Crippen LogP) is 3.12. The third-order valence-electron chi connectivity index (χ3n) is 5.01. The lowest BCUT2D eigenvalue weighted by molar-refractivity contribution is -0.121. The molecule has 4 heteroatoms. The Kier molecular flexibility index (Phi) is 6.07. The van der Waals surface area contributed by atoms with Gasteiger partial charge in [-0.25, -0.2) is 0 Å². The fourth-order valence-electron chi connectivity index (χ4n) is 3.29. The highest BCUT2D eigenvalue weighted by Crippen LogP contribution is 2.19. The van der Waals surface area contributed by atoms with Crippen molar-refractivity contribution in [3.8, 4) is 11.1 Å². The van der Waals surface area contributed by atoms with Crippen molar-refractivity contribution in [2.24, 2.45) is 0 Å². The summed E-state index contributed by atoms with van der Waals surface area (Å²) in [4.78, 5) is 14.7. The second kappa shape index (κ2) is 8.47. The van der Waals surface area contributed by atoms with Crippen LogP contribution in [0.2, 0.25) is 0 Å². The number of carbonyl (C=O) groups excluding carboxylic acids is 1. The second-order valence-corrected chi connectivity index (χ2v) is 7.43. The molecule has 0 radical (unpaired) electrons. The van der Waals surface area contributed by atoms with Gasteiger partial charge in [0, 0.05) is 25.2 Å². The summed E-state index contributed by atoms with van der Waals surface area (Å²) in [6.07, 6.45) is 0.411. The van der Waals surface area contributed by atoms with Gasteiger partial charge >= 0.3 is 0 Å². The molecule has 1 saturated heterocycles. The average molecular weight is 352 g/mol. The van der Waals surface area contributed by atoms with Crippen LogP contribution in [-0.4, -0.2) is 49.2 Å². The minimum absolute atomic E-state index is 0.0589. The maximum Gasteiger partial charge on any atom is 0.224 e. The molecule has 0 aromatic heterocycles. The molecule has 1 aliphatic heterocycles. The number of nitrogens with zero attached hydrogens (tertiary/aromatic N) is 1. The van der Waals surface area contributed by atoms with Gasteiger partial charge in [0.25, 0.3) is 0 Å². The summed E-state index contributed by atoms with van der Waals surface area (Å²) in [6.45, 7) is 8.37. The number of rotatable bonds is 6. The molecule has 3 rings (SSSR count). The normalized spacial score (nSPS) is 15.6. The predicted molar refractivity (Wildman–Crippen MR) is 105 cm³/mol. The van der Waals surface area contributed by atoms with E-state index in [-0.39, 0.29) is 11.4 Å². The highest BCUT2D eigenvalue weighted by atomic mass is 16.5. The maximum absolute atomic E-state index is 12.3. The Morgan fingerprint density at radius 1 is 1.00 bits per heavy atom. The molecule has 1 aliphatic rings. The van der Waals surface area contributed by atoms with Gasteiger partial charge in [0.2, 0.25) is 5.91 Å². The van der Waals surface area contributed by atoms with Gasteiger partial charge in [-0.15, -0.1) is 0 Å². The number of hydrogen-bond acceptors (Lipinski definition) is 3. The maximum atomic E-state index is 12.3. The summed E-state index contributed by atoms with van der Waals surface area (Å²) >= 11 is 0. The molecule has 0 aliphatic carbocycles. The van der Waals surface area contributed by atoms with E-state index in [4.69, 9.17) is 4.74 Å². The standard InChI is InChI=1S/C22H28N2O2/c1-22(2,24-12-14-26-15-13-24)17-23-21(25)16-18-8-10-20(11-9-18)19-6-4-3-5-7-19/h3-11H,12-17H2,1-2H3,(H,23,25). The molecule has 0 unspecified atom stereocenters. The van der Waals surface area contributed by atoms with Gasteiger partial charge in [-0.1, -0.05) is 54.6 Å². The fourth-order valence-corrected chi connectivity index (χ4v) is 3.29. The average Bonchev–Trinajstić information content (AvgIpc) is 2.68. The number of benzene rings is 2. The first-order chi connectivity index (χ1) is 12.5. The Balaban J connectivity index is 1.51. The lowest BCUT2D eigenvalue weighted by Gasteiger charge is -2.40. The van der Waals surface area contributed by atoms with Crippen molar-refractivity contribution in [3.05, 3.63) is 60.2 Å². The minimum Gasteiger partial charge on any atom is -0.379 e. The number of amides is 1. The Bertz CT molecular complexity index is 705. The van der Waals surface area contributed by atoms with E-state index in [2.05, 4.69) is 48.3 Å². The molecule has 0 bridgehead atoms. The molecule has 0 spiro atoms. The molecule has 1 heterocycles. The van der Waals surface area contributed by atoms with Gasteiger partial charge in [-0.3, -0.25) is 9.69 Å². The van der Waals surface area contributed by atoms with E-state index in [0.29, 0.717) is 13.0 Å². The van der Waals surface area contributed by atoms with Crippen LogP contribution in [0.1, 0.15) is 19.4 Å². The van der Waals surface area contributed by atoms with Gasteiger partial charge in [-0.2, -0.15) is 0 Å². The number of ether oxygens (including phenoxy) is 1. The smallest absolute Gasteiger partial charge is 0.224 e. The third-order valence-corrected chi connectivity index (χ3v) is 5.01. The second-order valence-electron chi connectivity index (χ2n) is 7.43. The first kappa shape index (κ1) is 18.6. The Hall–Kier alpha value is -2.17. The molecule has 138 valence electrons. The summed E-state index contributed by atoms with van der Waals surface area (Å²) < 4.78 is 5.41. The molecule has 0 saturated carbocycles. The topological polar surface area (TPSA) is 41.6 Å². The zero-order valence-electron chi connectivity index (χ0n) is 15.7. The molecule has 1 fully saturated rings. The summed E-state index contributed by atoms with van der Waals surface area (Å²) in [5.41, 5.74) is 3.33. The zero-order chi connectivity index (χ0) is 18.4. The van der Waals surface area contributed by atoms with E-state index in [9.17, 15) is 4.79 Å². The summed E-state index contributed by atoms with van der Waals surface area (Å²) in [5, 5.41) is 3.09. The quantitative estimate of drug-likeness (QED) is 0.868. The van der Waals surface area contributed by atoms with Crippen LogP contribution in [0.15, 0.2) is 54.6 Å². The first-order valence-corrected chi connectivity index (χ1v) is 9.28. The van der Waals surface area contributed by atoms with Crippen LogP contribution < -0.4 is 5.32 Å². The van der Waals surface area contributed by atoms with Crippen LogP contribution in [0.3, 0.4) is 0 Å². The number of carbonyl (C=O) groups is 1. The first-order valence-electron chi connectivity index (χ1n) is 9.28. The zero-order valence-corrected chi connectivity index (χ0v) is 15.7. The van der Waals surface area contributed by atoms with Gasteiger partial charge in [-0.05, 0) is 30.5 Å². The van der Waals surface area contributed by atoms with Crippen LogP contribution in [-0.2, 0) is 16.0 Å². The van der Waals surface area contributed by atoms with Crippen LogP contribution in [0.4, 0.5) is 0 Å². The van der Waals surface area contributed by atoms with Gasteiger partial charge in [0.1, 0.15) is 0 Å². The van der Waals surface area contributed by atoms with E-state index in [1.54, 1.807) is 0 Å². The lowest BCUT2D eigenvalue weighted by atomic mass is 10.0. The summed E-state index contributed by atoms with van der Waals surface area (Å²) in [5.74, 6) is 0.0683. The van der Waals surface area contributed by atoms with Crippen LogP contribution in [0.25, 0.3) is 11.1 Å². The van der Waals surface area contributed by atoms with Gasteiger partial charge in [0.05, 0.1) is 19.6 Å². The highest BCUT2D eigenvalue weighted by Gasteiger charge is 2.28. The monoisotopic (exact) mass is 352 g/mol. The lowest BCUT2D eigenvalue weighted by Crippen LogP contribution is -2.55. The van der Waals surface area contributed by atoms with Gasteiger partial charge < -0.3 is 10.1 Å². The fraction of sp³-hybridized carbons (Fsp3) is 0.409. The van der Waals surface area contributed by atoms with Crippen molar-refractivity contribution < 1.29 is 9.53 Å². The van der Waals surface area contributed by atoms with E-state index < -0.39 is 0 Å². The molecule has 1 N–H and O–H groups in total. The van der Waals surface area contributed by atoms with Gasteiger partial charge in [0.15, 0.2) is 0 Å². The van der Waals surface area contributed by atoms with Crippen molar-refractivity contribution in [3.63, 3.8) is 0 Å². The Morgan fingerprint density at radius 2 is 1.62 bits per heavy atom. The van der Waals surface area contributed by atoms with Crippen LogP contribution in [0.5, 0.6) is 0 Å². The molecule has 0 atom stereocenters. The van der Waals surface area contributed by atoms with Crippen molar-refractivity contribution >= 4 is 5.91 Å². The van der Waals surface area contributed by atoms with Crippen molar-refractivity contribution in [2.45, 2.75) is 25.8 Å². The molecule has 2 aromatic carbocycles. The van der Waals surface area contributed by atoms with Crippen molar-refractivity contribution in [2.75, 3.05) is 32.8 Å². The summed E-state index contributed by atoms with van der Waals surface area (Å²) in [6, 6.07) is 18.5. The van der Waals surface area contributed by atoms with Crippen LogP contribution >= 0.6 is 0 Å². The minimum atomic E-state index is -0.0589. The van der Waals surface area contributed by atoms with Crippen molar-refractivity contribution in [1.29, 1.82) is 0 Å². The van der Waals surface area contributed by atoms with E-state index >= 15 is 0 Å². The molecule has 26 heavy (non-hydrogen) atoms. The van der Waals surface area contributed by atoms with E-state index in [0.717, 1.165) is 31.9 Å².